The van der Waals surface area contributed by atoms with Gasteiger partial charge in [-0.2, -0.15) is 0 Å². The van der Waals surface area contributed by atoms with Gasteiger partial charge in [-0.05, 0) is 19.4 Å². The summed E-state index contributed by atoms with van der Waals surface area (Å²) in [7, 11) is 1.25. The van der Waals surface area contributed by atoms with Gasteiger partial charge in [-0.15, -0.1) is 12.4 Å². The van der Waals surface area contributed by atoms with Crippen LogP contribution in [-0.4, -0.2) is 25.6 Å². The number of methoxy groups -OCH3 is 1. The maximum Gasteiger partial charge on any atom is 0.241 e. The van der Waals surface area contributed by atoms with E-state index in [-0.39, 0.29) is 35.8 Å². The number of ether oxygens (including phenoxy) is 1. The van der Waals surface area contributed by atoms with Gasteiger partial charge in [0, 0.05) is 12.1 Å². The van der Waals surface area contributed by atoms with E-state index in [9.17, 15) is 13.6 Å². The zero-order valence-electron chi connectivity index (χ0n) is 10.3. The lowest BCUT2D eigenvalue weighted by Gasteiger charge is -2.12. The number of carbonyl (C=O) groups excluding carboxylic acids is 1. The van der Waals surface area contributed by atoms with Crippen LogP contribution in [-0.2, 0) is 4.79 Å². The van der Waals surface area contributed by atoms with Crippen LogP contribution in [0.2, 0.25) is 0 Å². The molecule has 0 aromatic heterocycles. The Morgan fingerprint density at radius 1 is 1.42 bits per heavy atom. The van der Waals surface area contributed by atoms with Crippen molar-refractivity contribution >= 4 is 24.0 Å². The van der Waals surface area contributed by atoms with E-state index >= 15 is 0 Å². The number of anilines is 1. The average Bonchev–Trinajstić information content (AvgIpc) is 2.87. The normalized spacial score (nSPS) is 17.7. The molecule has 1 heterocycles. The monoisotopic (exact) mass is 292 g/mol. The van der Waals surface area contributed by atoms with E-state index < -0.39 is 11.6 Å². The number of hydrogen-bond donors (Lipinski definition) is 2. The highest BCUT2D eigenvalue weighted by Gasteiger charge is 2.23. The summed E-state index contributed by atoms with van der Waals surface area (Å²) in [6.07, 6.45) is 1.60. The van der Waals surface area contributed by atoms with Crippen LogP contribution in [0.3, 0.4) is 0 Å². The van der Waals surface area contributed by atoms with Crippen molar-refractivity contribution < 1.29 is 18.3 Å². The van der Waals surface area contributed by atoms with Gasteiger partial charge in [0.2, 0.25) is 5.91 Å². The summed E-state index contributed by atoms with van der Waals surface area (Å²) in [5.74, 6) is -1.98. The molecule has 7 heteroatoms. The molecule has 0 radical (unpaired) electrons. The molecule has 2 N–H and O–H groups in total. The molecule has 2 rings (SSSR count). The van der Waals surface area contributed by atoms with E-state index in [0.29, 0.717) is 6.42 Å². The summed E-state index contributed by atoms with van der Waals surface area (Å²) in [5, 5.41) is 5.35. The summed E-state index contributed by atoms with van der Waals surface area (Å²) in [6.45, 7) is 0.761. The quantitative estimate of drug-likeness (QED) is 0.897. The van der Waals surface area contributed by atoms with Crippen molar-refractivity contribution in [3.63, 3.8) is 0 Å². The number of amides is 1. The van der Waals surface area contributed by atoms with E-state index in [1.165, 1.54) is 7.11 Å². The number of rotatable bonds is 3. The fourth-order valence-electron chi connectivity index (χ4n) is 1.91. The van der Waals surface area contributed by atoms with Gasteiger partial charge in [0.05, 0.1) is 18.8 Å². The molecule has 1 unspecified atom stereocenters. The second kappa shape index (κ2) is 6.68. The Bertz CT molecular complexity index is 465. The molecule has 4 nitrogen and oxygen atoms in total. The Morgan fingerprint density at radius 3 is 2.74 bits per heavy atom. The summed E-state index contributed by atoms with van der Waals surface area (Å²) >= 11 is 0. The molecular formula is C12H15ClF2N2O2. The molecule has 1 atom stereocenters. The van der Waals surface area contributed by atoms with Crippen molar-refractivity contribution in [1.82, 2.24) is 5.32 Å². The standard InChI is InChI=1S/C12H14F2N2O2.ClH/c1-18-11-6-7(13)10(5-8(11)14)16-12(17)9-3-2-4-15-9;/h5-6,9,15H,2-4H2,1H3,(H,16,17);1H. The molecule has 0 aliphatic carbocycles. The minimum absolute atomic E-state index is 0. The minimum Gasteiger partial charge on any atom is -0.494 e. The average molecular weight is 293 g/mol. The third-order valence-electron chi connectivity index (χ3n) is 2.88. The molecule has 19 heavy (non-hydrogen) atoms. The first-order valence-electron chi connectivity index (χ1n) is 5.69. The highest BCUT2D eigenvalue weighted by atomic mass is 35.5. The van der Waals surface area contributed by atoms with Gasteiger partial charge in [-0.25, -0.2) is 8.78 Å². The molecule has 0 bridgehead atoms. The van der Waals surface area contributed by atoms with Gasteiger partial charge in [-0.3, -0.25) is 4.79 Å². The van der Waals surface area contributed by atoms with Crippen molar-refractivity contribution in [2.24, 2.45) is 0 Å². The van der Waals surface area contributed by atoms with Crippen LogP contribution in [0.1, 0.15) is 12.8 Å². The van der Waals surface area contributed by atoms with E-state index in [1.54, 1.807) is 0 Å². The fourth-order valence-corrected chi connectivity index (χ4v) is 1.91. The lowest BCUT2D eigenvalue weighted by Crippen LogP contribution is -2.35. The lowest BCUT2D eigenvalue weighted by atomic mass is 10.2. The first kappa shape index (κ1) is 15.7. The van der Waals surface area contributed by atoms with Crippen molar-refractivity contribution in [1.29, 1.82) is 0 Å². The Labute approximate surface area is 115 Å². The molecule has 1 aliphatic heterocycles. The Kier molecular flexibility index (Phi) is 5.50. The van der Waals surface area contributed by atoms with Crippen molar-refractivity contribution in [3.8, 4) is 5.75 Å². The zero-order valence-corrected chi connectivity index (χ0v) is 11.2. The molecule has 1 amide bonds. The van der Waals surface area contributed by atoms with Crippen LogP contribution in [0.15, 0.2) is 12.1 Å². The molecule has 1 aromatic carbocycles. The summed E-state index contributed by atoms with van der Waals surface area (Å²) < 4.78 is 31.6. The molecule has 1 aromatic rings. The third kappa shape index (κ3) is 3.54. The number of halogens is 3. The molecule has 1 fully saturated rings. The number of carbonyl (C=O) groups is 1. The topological polar surface area (TPSA) is 50.4 Å². The highest BCUT2D eigenvalue weighted by Crippen LogP contribution is 2.25. The van der Waals surface area contributed by atoms with Crippen LogP contribution < -0.4 is 15.4 Å². The van der Waals surface area contributed by atoms with Crippen molar-refractivity contribution in [2.75, 3.05) is 19.0 Å². The second-order valence-electron chi connectivity index (χ2n) is 4.10. The molecule has 1 aliphatic rings. The molecule has 0 spiro atoms. The fraction of sp³-hybridized carbons (Fsp3) is 0.417. The van der Waals surface area contributed by atoms with Crippen LogP contribution in [0.4, 0.5) is 14.5 Å². The Morgan fingerprint density at radius 2 is 2.16 bits per heavy atom. The van der Waals surface area contributed by atoms with Gasteiger partial charge in [0.1, 0.15) is 0 Å². The van der Waals surface area contributed by atoms with Crippen LogP contribution >= 0.6 is 12.4 Å². The largest absolute Gasteiger partial charge is 0.494 e. The first-order valence-corrected chi connectivity index (χ1v) is 5.69. The summed E-state index contributed by atoms with van der Waals surface area (Å²) in [5.41, 5.74) is -0.174. The molecular weight excluding hydrogens is 278 g/mol. The third-order valence-corrected chi connectivity index (χ3v) is 2.88. The maximum atomic E-state index is 13.6. The predicted molar refractivity (Wildman–Crippen MR) is 69.8 cm³/mol. The van der Waals surface area contributed by atoms with E-state index in [1.807, 2.05) is 0 Å². The van der Waals surface area contributed by atoms with E-state index in [4.69, 9.17) is 0 Å². The first-order chi connectivity index (χ1) is 8.61. The van der Waals surface area contributed by atoms with Crippen LogP contribution in [0.5, 0.6) is 5.75 Å². The van der Waals surface area contributed by atoms with Gasteiger partial charge < -0.3 is 15.4 Å². The Hall–Kier alpha value is -1.40. The van der Waals surface area contributed by atoms with E-state index in [2.05, 4.69) is 15.4 Å². The second-order valence-corrected chi connectivity index (χ2v) is 4.10. The van der Waals surface area contributed by atoms with Crippen molar-refractivity contribution in [2.45, 2.75) is 18.9 Å². The van der Waals surface area contributed by atoms with E-state index in [0.717, 1.165) is 25.1 Å². The smallest absolute Gasteiger partial charge is 0.241 e. The van der Waals surface area contributed by atoms with Gasteiger partial charge in [0.15, 0.2) is 17.4 Å². The summed E-state index contributed by atoms with van der Waals surface area (Å²) in [4.78, 5) is 11.7. The number of hydrogen-bond acceptors (Lipinski definition) is 3. The lowest BCUT2D eigenvalue weighted by molar-refractivity contribution is -0.117. The van der Waals surface area contributed by atoms with Gasteiger partial charge >= 0.3 is 0 Å². The van der Waals surface area contributed by atoms with Gasteiger partial charge in [-0.1, -0.05) is 0 Å². The molecule has 106 valence electrons. The summed E-state index contributed by atoms with van der Waals surface area (Å²) in [6, 6.07) is 1.49. The highest BCUT2D eigenvalue weighted by molar-refractivity contribution is 5.95. The Balaban J connectivity index is 0.00000180. The predicted octanol–water partition coefficient (Wildman–Crippen LogP) is 2.09. The maximum absolute atomic E-state index is 13.6. The van der Waals surface area contributed by atoms with Crippen LogP contribution in [0, 0.1) is 11.6 Å². The number of benzene rings is 1. The zero-order chi connectivity index (χ0) is 13.1. The molecule has 1 saturated heterocycles. The molecule has 0 saturated carbocycles. The number of nitrogens with one attached hydrogen (secondary N) is 2. The minimum atomic E-state index is -0.723. The van der Waals surface area contributed by atoms with Crippen LogP contribution in [0.25, 0.3) is 0 Å². The SMILES string of the molecule is COc1cc(F)c(NC(=O)C2CCCN2)cc1F.Cl. The van der Waals surface area contributed by atoms with Gasteiger partial charge in [0.25, 0.3) is 0 Å². The van der Waals surface area contributed by atoms with Crippen molar-refractivity contribution in [3.05, 3.63) is 23.8 Å².